The Labute approximate surface area is 151 Å². The maximum atomic E-state index is 11.1. The number of ether oxygens (including phenoxy) is 2. The van der Waals surface area contributed by atoms with Crippen LogP contribution in [0.4, 0.5) is 0 Å². The first kappa shape index (κ1) is 19.0. The summed E-state index contributed by atoms with van der Waals surface area (Å²) in [7, 11) is 1.62. The van der Waals surface area contributed by atoms with Crippen LogP contribution in [0.5, 0.6) is 5.75 Å². The molecule has 1 aliphatic heterocycles. The minimum absolute atomic E-state index is 0.0883. The van der Waals surface area contributed by atoms with Crippen LogP contribution in [0.15, 0.2) is 28.7 Å². The summed E-state index contributed by atoms with van der Waals surface area (Å²) in [6.45, 7) is 3.63. The number of nitrogens with one attached hydrogen (secondary N) is 1. The Morgan fingerprint density at radius 3 is 2.78 bits per heavy atom. The molecule has 1 heterocycles. The quantitative estimate of drug-likeness (QED) is 0.680. The Balaban J connectivity index is 2.27. The summed E-state index contributed by atoms with van der Waals surface area (Å²) in [5.74, 6) is 0.561. The van der Waals surface area contributed by atoms with Crippen LogP contribution in [0, 0.1) is 5.92 Å². The Bertz CT molecular complexity index is 490. The molecule has 4 atom stereocenters. The highest BCUT2D eigenvalue weighted by molar-refractivity contribution is 9.10. The van der Waals surface area contributed by atoms with Gasteiger partial charge in [-0.05, 0) is 53.9 Å². The van der Waals surface area contributed by atoms with E-state index in [0.717, 1.165) is 23.9 Å². The van der Waals surface area contributed by atoms with Crippen LogP contribution in [0.1, 0.15) is 26.2 Å². The number of para-hydroxylation sites is 1. The number of rotatable bonds is 7. The van der Waals surface area contributed by atoms with E-state index >= 15 is 0 Å². The Hall–Kier alpha value is -0.330. The Morgan fingerprint density at radius 1 is 1.48 bits per heavy atom. The van der Waals surface area contributed by atoms with Gasteiger partial charge in [-0.15, -0.1) is 0 Å². The highest BCUT2D eigenvalue weighted by atomic mass is 79.9. The van der Waals surface area contributed by atoms with Crippen molar-refractivity contribution in [2.75, 3.05) is 20.2 Å². The maximum absolute atomic E-state index is 11.1. The van der Waals surface area contributed by atoms with Crippen molar-refractivity contribution in [3.63, 3.8) is 0 Å². The summed E-state index contributed by atoms with van der Waals surface area (Å²) in [5, 5.41) is 12.9. The smallest absolute Gasteiger partial charge is 0.182 e. The summed E-state index contributed by atoms with van der Waals surface area (Å²) in [5.41, 5.74) is 0. The number of hydrogen-bond donors (Lipinski definition) is 2. The van der Waals surface area contributed by atoms with Gasteiger partial charge in [0.25, 0.3) is 0 Å². The van der Waals surface area contributed by atoms with Crippen LogP contribution in [-0.2, 0) is 4.74 Å². The molecular weight excluding hydrogens is 382 g/mol. The SMILES string of the molecule is CCC(OC)C(Oc1ccccc1Br)C(O)(Cl)C1CCCNC1. The molecule has 1 fully saturated rings. The first-order valence-electron chi connectivity index (χ1n) is 8.06. The molecule has 6 heteroatoms. The van der Waals surface area contributed by atoms with Crippen LogP contribution >= 0.6 is 27.5 Å². The predicted molar refractivity (Wildman–Crippen MR) is 96.0 cm³/mol. The monoisotopic (exact) mass is 405 g/mol. The lowest BCUT2D eigenvalue weighted by molar-refractivity contribution is -0.108. The molecule has 0 amide bonds. The minimum Gasteiger partial charge on any atom is -0.482 e. The molecule has 0 aromatic heterocycles. The van der Waals surface area contributed by atoms with E-state index < -0.39 is 11.2 Å². The highest BCUT2D eigenvalue weighted by Crippen LogP contribution is 2.37. The molecule has 0 saturated carbocycles. The van der Waals surface area contributed by atoms with Gasteiger partial charge in [-0.2, -0.15) is 0 Å². The number of aliphatic hydroxyl groups is 1. The lowest BCUT2D eigenvalue weighted by Crippen LogP contribution is -2.56. The molecule has 0 bridgehead atoms. The van der Waals surface area contributed by atoms with Crippen molar-refractivity contribution >= 4 is 27.5 Å². The number of alkyl halides is 1. The van der Waals surface area contributed by atoms with Crippen LogP contribution in [0.25, 0.3) is 0 Å². The first-order chi connectivity index (χ1) is 11.0. The summed E-state index contributed by atoms with van der Waals surface area (Å²) >= 11 is 10.1. The van der Waals surface area contributed by atoms with Gasteiger partial charge in [0.05, 0.1) is 10.6 Å². The fraction of sp³-hybridized carbons (Fsp3) is 0.647. The van der Waals surface area contributed by atoms with Crippen molar-refractivity contribution in [2.45, 2.75) is 43.5 Å². The third-order valence-electron chi connectivity index (χ3n) is 4.40. The predicted octanol–water partition coefficient (Wildman–Crippen LogP) is 3.55. The normalized spacial score (nSPS) is 23.8. The van der Waals surface area contributed by atoms with Crippen LogP contribution < -0.4 is 10.1 Å². The Kier molecular flexibility index (Phi) is 7.17. The molecule has 0 aliphatic carbocycles. The second-order valence-electron chi connectivity index (χ2n) is 5.92. The molecule has 0 radical (unpaired) electrons. The molecule has 0 spiro atoms. The largest absolute Gasteiger partial charge is 0.482 e. The molecule has 4 unspecified atom stereocenters. The maximum Gasteiger partial charge on any atom is 0.182 e. The molecular formula is C17H25BrClNO3. The van der Waals surface area contributed by atoms with Crippen LogP contribution in [0.2, 0.25) is 0 Å². The topological polar surface area (TPSA) is 50.7 Å². The first-order valence-corrected chi connectivity index (χ1v) is 9.23. The van der Waals surface area contributed by atoms with E-state index in [0.29, 0.717) is 18.7 Å². The second-order valence-corrected chi connectivity index (χ2v) is 7.38. The Morgan fingerprint density at radius 2 is 2.22 bits per heavy atom. The van der Waals surface area contributed by atoms with Gasteiger partial charge in [0.15, 0.2) is 11.2 Å². The molecule has 130 valence electrons. The van der Waals surface area contributed by atoms with Crippen LogP contribution in [-0.4, -0.2) is 42.6 Å². The van der Waals surface area contributed by atoms with Gasteiger partial charge in [-0.1, -0.05) is 30.7 Å². The van der Waals surface area contributed by atoms with E-state index in [4.69, 9.17) is 21.1 Å². The highest BCUT2D eigenvalue weighted by Gasteiger charge is 2.48. The average molecular weight is 407 g/mol. The lowest BCUT2D eigenvalue weighted by Gasteiger charge is -2.41. The van der Waals surface area contributed by atoms with E-state index in [1.54, 1.807) is 7.11 Å². The zero-order valence-corrected chi connectivity index (χ0v) is 15.9. The van der Waals surface area contributed by atoms with Gasteiger partial charge < -0.3 is 19.9 Å². The van der Waals surface area contributed by atoms with E-state index in [-0.39, 0.29) is 12.0 Å². The number of hydrogen-bond acceptors (Lipinski definition) is 4. The van der Waals surface area contributed by atoms with Gasteiger partial charge in [0.2, 0.25) is 0 Å². The fourth-order valence-electron chi connectivity index (χ4n) is 3.03. The molecule has 23 heavy (non-hydrogen) atoms. The average Bonchev–Trinajstić information content (AvgIpc) is 2.57. The molecule has 2 N–H and O–H groups in total. The van der Waals surface area contributed by atoms with E-state index in [9.17, 15) is 5.11 Å². The van der Waals surface area contributed by atoms with E-state index in [1.165, 1.54) is 0 Å². The number of halogens is 2. The molecule has 4 nitrogen and oxygen atoms in total. The van der Waals surface area contributed by atoms with E-state index in [2.05, 4.69) is 21.2 Å². The zero-order chi connectivity index (χ0) is 16.9. The molecule has 1 aromatic rings. The van der Waals surface area contributed by atoms with Crippen molar-refractivity contribution < 1.29 is 14.6 Å². The third-order valence-corrected chi connectivity index (χ3v) is 5.58. The van der Waals surface area contributed by atoms with Crippen LogP contribution in [0.3, 0.4) is 0 Å². The molecule has 1 aromatic carbocycles. The molecule has 1 saturated heterocycles. The van der Waals surface area contributed by atoms with E-state index in [1.807, 2.05) is 31.2 Å². The number of piperidine rings is 1. The summed E-state index contributed by atoms with van der Waals surface area (Å²) < 4.78 is 12.5. The van der Waals surface area contributed by atoms with Gasteiger partial charge in [0, 0.05) is 19.6 Å². The standard InChI is InChI=1S/C17H25BrClNO3/c1-3-14(22-2)16(23-15-9-5-4-8-13(15)18)17(19,21)12-7-6-10-20-11-12/h4-5,8-9,12,14,16,20-21H,3,6-7,10-11H2,1-2H3. The molecule has 2 rings (SSSR count). The van der Waals surface area contributed by atoms with Crippen molar-refractivity contribution in [1.82, 2.24) is 5.32 Å². The zero-order valence-electron chi connectivity index (χ0n) is 13.6. The van der Waals surface area contributed by atoms with Crippen molar-refractivity contribution in [1.29, 1.82) is 0 Å². The summed E-state index contributed by atoms with van der Waals surface area (Å²) in [6, 6.07) is 7.55. The minimum atomic E-state index is -1.50. The van der Waals surface area contributed by atoms with Gasteiger partial charge in [-0.25, -0.2) is 0 Å². The summed E-state index contributed by atoms with van der Waals surface area (Å²) in [4.78, 5) is 0. The summed E-state index contributed by atoms with van der Waals surface area (Å²) in [6.07, 6.45) is 1.59. The van der Waals surface area contributed by atoms with Gasteiger partial charge in [0.1, 0.15) is 5.75 Å². The lowest BCUT2D eigenvalue weighted by atomic mass is 9.87. The fourth-order valence-corrected chi connectivity index (χ4v) is 3.78. The second kappa shape index (κ2) is 8.67. The van der Waals surface area contributed by atoms with Gasteiger partial charge >= 0.3 is 0 Å². The number of benzene rings is 1. The van der Waals surface area contributed by atoms with Crippen molar-refractivity contribution in [3.05, 3.63) is 28.7 Å². The van der Waals surface area contributed by atoms with Crippen molar-refractivity contribution in [3.8, 4) is 5.75 Å². The molecule has 1 aliphatic rings. The third kappa shape index (κ3) is 4.60. The number of methoxy groups -OCH3 is 1. The van der Waals surface area contributed by atoms with Crippen molar-refractivity contribution in [2.24, 2.45) is 5.92 Å². The van der Waals surface area contributed by atoms with Gasteiger partial charge in [-0.3, -0.25) is 0 Å².